The van der Waals surface area contributed by atoms with E-state index in [1.807, 2.05) is 0 Å². The Kier molecular flexibility index (Phi) is 13.3. The first-order valence-electron chi connectivity index (χ1n) is 6.91. The van der Waals surface area contributed by atoms with Gasteiger partial charge in [-0.3, -0.25) is 4.57 Å². The molecule has 0 aromatic heterocycles. The number of phosphoric ester groups is 1. The number of hydrogen-bond acceptors (Lipinski definition) is 4. The van der Waals surface area contributed by atoms with Gasteiger partial charge in [-0.15, -0.1) is 0 Å². The topological polar surface area (TPSA) is 58.6 Å². The van der Waals surface area contributed by atoms with Gasteiger partial charge in [-0.1, -0.05) is 32.6 Å². The van der Waals surface area contributed by atoms with Gasteiger partial charge in [0.15, 0.2) is 0 Å². The molecule has 0 aliphatic heterocycles. The summed E-state index contributed by atoms with van der Waals surface area (Å²) in [6.07, 6.45) is 8.48. The summed E-state index contributed by atoms with van der Waals surface area (Å²) in [7, 11) is 4.98. The van der Waals surface area contributed by atoms with Crippen LogP contribution in [0.2, 0.25) is 0 Å². The van der Waals surface area contributed by atoms with Crippen molar-refractivity contribution in [3.05, 3.63) is 0 Å². The Morgan fingerprint density at radius 3 is 1.68 bits per heavy atom. The molecule has 0 N–H and O–H groups in total. The van der Waals surface area contributed by atoms with Crippen molar-refractivity contribution in [2.24, 2.45) is 0 Å². The molecule has 0 bridgehead atoms. The average molecular weight is 297 g/mol. The van der Waals surface area contributed by atoms with Gasteiger partial charge in [-0.25, -0.2) is 0 Å². The minimum atomic E-state index is -3.90. The summed E-state index contributed by atoms with van der Waals surface area (Å²) >= 11 is 0. The number of unbranched alkanes of at least 4 members (excludes halogenated alkanes) is 5. The highest BCUT2D eigenvalue weighted by molar-refractivity contribution is 7.45. The quantitative estimate of drug-likeness (QED) is 0.373. The summed E-state index contributed by atoms with van der Waals surface area (Å²) in [5.74, 6) is 0. The van der Waals surface area contributed by atoms with Crippen molar-refractivity contribution in [3.8, 4) is 0 Å². The number of hydrogen-bond donors (Lipinski definition) is 0. The number of nitrogens with zero attached hydrogens (tertiary/aromatic N) is 1. The maximum absolute atomic E-state index is 9.95. The molecule has 19 heavy (non-hydrogen) atoms. The molecule has 0 fully saturated rings. The van der Waals surface area contributed by atoms with Crippen molar-refractivity contribution in [1.82, 2.24) is 0 Å². The summed E-state index contributed by atoms with van der Waals surface area (Å²) in [5.41, 5.74) is 0. The summed E-state index contributed by atoms with van der Waals surface area (Å²) < 4.78 is 18.8. The fourth-order valence-electron chi connectivity index (χ4n) is 1.44. The van der Waals surface area contributed by atoms with Crippen molar-refractivity contribution in [1.29, 1.82) is 0 Å². The SMILES string of the molecule is CCCCCCCC[N+](C)(C)C.COP(=O)([O-])OC. The number of quaternary nitrogens is 1. The smallest absolute Gasteiger partial charge is 0.267 e. The van der Waals surface area contributed by atoms with Gasteiger partial charge >= 0.3 is 0 Å². The highest BCUT2D eigenvalue weighted by Gasteiger charge is 2.04. The van der Waals surface area contributed by atoms with Crippen LogP contribution in [0.1, 0.15) is 45.4 Å². The van der Waals surface area contributed by atoms with E-state index in [1.165, 1.54) is 45.1 Å². The van der Waals surface area contributed by atoms with E-state index >= 15 is 0 Å². The van der Waals surface area contributed by atoms with Crippen LogP contribution in [-0.2, 0) is 13.6 Å². The van der Waals surface area contributed by atoms with Crippen molar-refractivity contribution >= 4 is 7.82 Å². The van der Waals surface area contributed by atoms with Crippen molar-refractivity contribution in [3.63, 3.8) is 0 Å². The molecule has 0 rings (SSSR count). The lowest BCUT2D eigenvalue weighted by molar-refractivity contribution is -0.870. The summed E-state index contributed by atoms with van der Waals surface area (Å²) in [6, 6.07) is 0. The Balaban J connectivity index is 0. The standard InChI is InChI=1S/C11H26N.C2H7O4P/c1-5-6-7-8-9-10-11-12(2,3)4;1-5-7(3,4)6-2/h5-11H2,1-4H3;1-2H3,(H,3,4)/q+1;/p-1. The van der Waals surface area contributed by atoms with Gasteiger partial charge in [0.05, 0.1) is 27.7 Å². The van der Waals surface area contributed by atoms with Crippen LogP contribution < -0.4 is 4.89 Å². The van der Waals surface area contributed by atoms with E-state index in [9.17, 15) is 9.46 Å². The molecule has 0 saturated heterocycles. The van der Waals surface area contributed by atoms with Crippen LogP contribution in [0.3, 0.4) is 0 Å². The fourth-order valence-corrected chi connectivity index (χ4v) is 1.59. The first-order chi connectivity index (χ1) is 8.68. The Bertz CT molecular complexity index is 233. The molecule has 6 heteroatoms. The molecule has 0 saturated carbocycles. The molecule has 0 spiro atoms. The highest BCUT2D eigenvalue weighted by Crippen LogP contribution is 2.34. The molecule has 0 aliphatic rings. The normalized spacial score (nSPS) is 11.9. The molecular weight excluding hydrogens is 265 g/mol. The van der Waals surface area contributed by atoms with Gasteiger partial charge in [0, 0.05) is 14.2 Å². The van der Waals surface area contributed by atoms with E-state index in [0.29, 0.717) is 0 Å². The maximum Gasteiger partial charge on any atom is 0.267 e. The van der Waals surface area contributed by atoms with E-state index in [4.69, 9.17) is 0 Å². The monoisotopic (exact) mass is 297 g/mol. The lowest BCUT2D eigenvalue weighted by Gasteiger charge is -2.23. The zero-order chi connectivity index (χ0) is 15.4. The third-order valence-corrected chi connectivity index (χ3v) is 3.52. The molecule has 0 atom stereocenters. The van der Waals surface area contributed by atoms with Crippen LogP contribution in [0.4, 0.5) is 0 Å². The van der Waals surface area contributed by atoms with Crippen molar-refractivity contribution in [2.75, 3.05) is 41.9 Å². The maximum atomic E-state index is 9.95. The van der Waals surface area contributed by atoms with Gasteiger partial charge in [0.1, 0.15) is 0 Å². The Labute approximate surface area is 119 Å². The predicted molar refractivity (Wildman–Crippen MR) is 77.9 cm³/mol. The molecule has 0 unspecified atom stereocenters. The lowest BCUT2D eigenvalue weighted by Crippen LogP contribution is -2.35. The molecule has 0 amide bonds. The molecule has 0 aromatic rings. The van der Waals surface area contributed by atoms with Crippen molar-refractivity contribution in [2.45, 2.75) is 45.4 Å². The van der Waals surface area contributed by atoms with Crippen molar-refractivity contribution < 1.29 is 23.0 Å². The largest absolute Gasteiger partial charge is 0.756 e. The second kappa shape index (κ2) is 11.9. The minimum Gasteiger partial charge on any atom is -0.756 e. The summed E-state index contributed by atoms with van der Waals surface area (Å²) in [6.45, 7) is 3.60. The van der Waals surface area contributed by atoms with E-state index < -0.39 is 7.82 Å². The van der Waals surface area contributed by atoms with Crippen LogP contribution in [0.15, 0.2) is 0 Å². The molecular formula is C13H32NO4P. The third-order valence-electron chi connectivity index (χ3n) is 2.63. The van der Waals surface area contributed by atoms with E-state index in [0.717, 1.165) is 18.7 Å². The second-order valence-corrected chi connectivity index (χ2v) is 7.22. The van der Waals surface area contributed by atoms with Gasteiger partial charge < -0.3 is 18.4 Å². The van der Waals surface area contributed by atoms with Gasteiger partial charge in [0.2, 0.25) is 0 Å². The predicted octanol–water partition coefficient (Wildman–Crippen LogP) is 2.80. The van der Waals surface area contributed by atoms with Gasteiger partial charge in [0.25, 0.3) is 7.82 Å². The molecule has 0 radical (unpaired) electrons. The number of rotatable bonds is 9. The minimum absolute atomic E-state index is 1.04. The molecule has 0 aromatic carbocycles. The first kappa shape index (κ1) is 21.4. The Morgan fingerprint density at radius 2 is 1.37 bits per heavy atom. The van der Waals surface area contributed by atoms with E-state index in [-0.39, 0.29) is 0 Å². The highest BCUT2D eigenvalue weighted by atomic mass is 31.2. The second-order valence-electron chi connectivity index (χ2n) is 5.59. The molecule has 0 heterocycles. The third kappa shape index (κ3) is 20.5. The Morgan fingerprint density at radius 1 is 0.947 bits per heavy atom. The van der Waals surface area contributed by atoms with Gasteiger partial charge in [-0.2, -0.15) is 0 Å². The fraction of sp³-hybridized carbons (Fsp3) is 1.00. The molecule has 118 valence electrons. The zero-order valence-electron chi connectivity index (χ0n) is 13.5. The van der Waals surface area contributed by atoms with Crippen LogP contribution >= 0.6 is 7.82 Å². The lowest BCUT2D eigenvalue weighted by atomic mass is 10.1. The first-order valence-corrected chi connectivity index (χ1v) is 8.37. The molecule has 0 aliphatic carbocycles. The Hall–Kier alpha value is 0.0700. The summed E-state index contributed by atoms with van der Waals surface area (Å²) in [5, 5.41) is 0. The van der Waals surface area contributed by atoms with Crippen LogP contribution in [0.25, 0.3) is 0 Å². The zero-order valence-corrected chi connectivity index (χ0v) is 14.4. The number of phosphoric acid groups is 1. The van der Waals surface area contributed by atoms with Crippen LogP contribution in [0.5, 0.6) is 0 Å². The van der Waals surface area contributed by atoms with Crippen LogP contribution in [-0.4, -0.2) is 46.4 Å². The van der Waals surface area contributed by atoms with E-state index in [2.05, 4.69) is 37.1 Å². The van der Waals surface area contributed by atoms with Gasteiger partial charge in [-0.05, 0) is 12.8 Å². The molecule has 5 nitrogen and oxygen atoms in total. The van der Waals surface area contributed by atoms with Crippen LogP contribution in [0, 0.1) is 0 Å². The average Bonchev–Trinajstić information content (AvgIpc) is 2.33. The van der Waals surface area contributed by atoms with E-state index in [1.54, 1.807) is 0 Å². The summed E-state index contributed by atoms with van der Waals surface area (Å²) in [4.78, 5) is 9.95.